The van der Waals surface area contributed by atoms with Gasteiger partial charge in [0.05, 0.1) is 12.7 Å². The third-order valence-corrected chi connectivity index (χ3v) is 6.36. The second-order valence-electron chi connectivity index (χ2n) is 5.87. The molecule has 5 heteroatoms. The summed E-state index contributed by atoms with van der Waals surface area (Å²) in [5, 5.41) is 0.359. The van der Waals surface area contributed by atoms with Crippen LogP contribution in [0.4, 0.5) is 0 Å². The van der Waals surface area contributed by atoms with Gasteiger partial charge in [0.15, 0.2) is 5.78 Å². The van der Waals surface area contributed by atoms with E-state index in [0.717, 1.165) is 0 Å². The molecule has 2 aromatic rings. The summed E-state index contributed by atoms with van der Waals surface area (Å²) < 4.78 is 18.0. The highest BCUT2D eigenvalue weighted by Gasteiger charge is 2.22. The Labute approximate surface area is 148 Å². The average molecular weight is 364 g/mol. The molecule has 0 spiro atoms. The lowest BCUT2D eigenvalue weighted by Crippen LogP contribution is -2.18. The van der Waals surface area contributed by atoms with Crippen LogP contribution >= 0.6 is 19.4 Å². The Hall–Kier alpha value is -1.70. The Morgan fingerprint density at radius 2 is 1.67 bits per heavy atom. The number of hydrogen-bond donors (Lipinski definition) is 0. The maximum absolute atomic E-state index is 12.9. The van der Waals surface area contributed by atoms with Crippen molar-refractivity contribution in [2.75, 3.05) is 13.3 Å². The first-order chi connectivity index (χ1) is 11.5. The van der Waals surface area contributed by atoms with Crippen molar-refractivity contribution in [3.63, 3.8) is 0 Å². The van der Waals surface area contributed by atoms with Gasteiger partial charge in [-0.1, -0.05) is 38.1 Å². The van der Waals surface area contributed by atoms with Crippen LogP contribution in [0.25, 0.3) is 0 Å². The molecule has 0 aliphatic rings. The van der Waals surface area contributed by atoms with Crippen LogP contribution in [0, 0.1) is 5.92 Å². The molecule has 0 N–H and O–H groups in total. The van der Waals surface area contributed by atoms with Gasteiger partial charge in [-0.25, -0.2) is 0 Å². The predicted octanol–water partition coefficient (Wildman–Crippen LogP) is 4.64. The summed E-state index contributed by atoms with van der Waals surface area (Å²) >= 11 is 6.27. The quantitative estimate of drug-likeness (QED) is 0.409. The zero-order chi connectivity index (χ0) is 17.7. The molecule has 0 saturated heterocycles. The summed E-state index contributed by atoms with van der Waals surface area (Å²) in [4.78, 5) is 12.9. The van der Waals surface area contributed by atoms with E-state index >= 15 is 0 Å². The molecular weight excluding hydrogens is 343 g/mol. The summed E-state index contributed by atoms with van der Waals surface area (Å²) in [5.41, 5.74) is 0.901. The highest BCUT2D eigenvalue weighted by Crippen LogP contribution is 2.29. The Morgan fingerprint density at radius 3 is 2.29 bits per heavy atom. The lowest BCUT2D eigenvalue weighted by molar-refractivity contribution is 0.103. The van der Waals surface area contributed by atoms with Crippen molar-refractivity contribution < 1.29 is 14.1 Å². The van der Waals surface area contributed by atoms with E-state index in [4.69, 9.17) is 16.3 Å². The zero-order valence-electron chi connectivity index (χ0n) is 14.0. The minimum Gasteiger partial charge on any atom is -0.496 e. The molecule has 2 atom stereocenters. The van der Waals surface area contributed by atoms with Crippen LogP contribution in [-0.4, -0.2) is 24.4 Å². The van der Waals surface area contributed by atoms with Gasteiger partial charge < -0.3 is 4.74 Å². The van der Waals surface area contributed by atoms with E-state index in [1.54, 1.807) is 42.5 Å². The number of rotatable bonds is 7. The molecule has 0 aliphatic heterocycles. The lowest BCUT2D eigenvalue weighted by atomic mass is 10.0. The number of benzene rings is 2. The van der Waals surface area contributed by atoms with Gasteiger partial charge in [0.1, 0.15) is 13.6 Å². The molecule has 3 nitrogen and oxygen atoms in total. The number of hydrogen-bond acceptors (Lipinski definition) is 3. The Balaban J connectivity index is 2.38. The molecule has 0 aromatic heterocycles. The predicted molar refractivity (Wildman–Crippen MR) is 99.5 cm³/mol. The van der Waals surface area contributed by atoms with E-state index in [0.29, 0.717) is 28.3 Å². The summed E-state index contributed by atoms with van der Waals surface area (Å²) in [7, 11) is -0.222. The zero-order valence-corrected chi connectivity index (χ0v) is 15.7. The van der Waals surface area contributed by atoms with E-state index in [1.165, 1.54) is 7.11 Å². The number of carbonyl (C=O) groups excluding carboxylic acids is 1. The van der Waals surface area contributed by atoms with Gasteiger partial charge in [0, 0.05) is 22.4 Å². The fourth-order valence-electron chi connectivity index (χ4n) is 2.33. The van der Waals surface area contributed by atoms with Crippen molar-refractivity contribution in [2.45, 2.75) is 19.2 Å². The van der Waals surface area contributed by atoms with Gasteiger partial charge in [-0.05, 0) is 30.2 Å². The van der Waals surface area contributed by atoms with Crippen molar-refractivity contribution in [1.82, 2.24) is 0 Å². The summed E-state index contributed by atoms with van der Waals surface area (Å²) in [6.45, 7) is 3.99. The van der Waals surface area contributed by atoms with Gasteiger partial charge in [-0.2, -0.15) is 0 Å². The number of ketones is 1. The Bertz CT molecular complexity index is 743. The average Bonchev–Trinajstić information content (AvgIpc) is 2.60. The number of carbonyl (C=O) groups is 1. The van der Waals surface area contributed by atoms with E-state index in [9.17, 15) is 9.36 Å². The second-order valence-corrected chi connectivity index (χ2v) is 8.03. The van der Waals surface area contributed by atoms with Gasteiger partial charge in [-0.15, -0.1) is 11.6 Å². The van der Waals surface area contributed by atoms with Crippen LogP contribution in [0.3, 0.4) is 0 Å². The second kappa shape index (κ2) is 8.41. The maximum Gasteiger partial charge on any atom is 0.197 e. The standard InChI is InChI=1S/C19H21ClO3P/c1-13(2)16(20)12-24(22)18-11-7-5-9-15(18)19(21)14-8-4-6-10-17(14)23-3/h4-11,13,16H,12H2,1-3H3. The van der Waals surface area contributed by atoms with Crippen LogP contribution in [0.15, 0.2) is 48.5 Å². The van der Waals surface area contributed by atoms with E-state index in [1.807, 2.05) is 19.9 Å². The monoisotopic (exact) mass is 363 g/mol. The van der Waals surface area contributed by atoms with Crippen LogP contribution < -0.4 is 10.0 Å². The third-order valence-electron chi connectivity index (χ3n) is 3.83. The molecule has 0 saturated carbocycles. The van der Waals surface area contributed by atoms with Gasteiger partial charge in [-0.3, -0.25) is 9.36 Å². The van der Waals surface area contributed by atoms with E-state index < -0.39 is 7.80 Å². The summed E-state index contributed by atoms with van der Waals surface area (Å²) in [6, 6.07) is 14.1. The largest absolute Gasteiger partial charge is 0.496 e. The van der Waals surface area contributed by atoms with Gasteiger partial charge in [0.25, 0.3) is 0 Å². The van der Waals surface area contributed by atoms with E-state index in [-0.39, 0.29) is 17.1 Å². The molecule has 2 aromatic carbocycles. The van der Waals surface area contributed by atoms with Crippen molar-refractivity contribution in [1.29, 1.82) is 0 Å². The summed E-state index contributed by atoms with van der Waals surface area (Å²) in [5.74, 6) is 0.537. The first-order valence-electron chi connectivity index (χ1n) is 7.81. The Morgan fingerprint density at radius 1 is 1.08 bits per heavy atom. The minimum absolute atomic E-state index is 0.192. The number of methoxy groups -OCH3 is 1. The molecular formula is C19H21ClO3P. The molecule has 127 valence electrons. The highest BCUT2D eigenvalue weighted by atomic mass is 35.5. The molecule has 2 unspecified atom stereocenters. The molecule has 0 heterocycles. The number of halogens is 1. The smallest absolute Gasteiger partial charge is 0.197 e. The topological polar surface area (TPSA) is 43.4 Å². The Kier molecular flexibility index (Phi) is 6.53. The number of alkyl halides is 1. The fourth-order valence-corrected chi connectivity index (χ4v) is 4.34. The van der Waals surface area contributed by atoms with Crippen LogP contribution in [-0.2, 0) is 4.57 Å². The maximum atomic E-state index is 12.9. The van der Waals surface area contributed by atoms with Crippen LogP contribution in [0.2, 0.25) is 0 Å². The molecule has 0 bridgehead atoms. The van der Waals surface area contributed by atoms with Crippen LogP contribution in [0.1, 0.15) is 29.8 Å². The first kappa shape index (κ1) is 18.6. The lowest BCUT2D eigenvalue weighted by Gasteiger charge is -2.14. The van der Waals surface area contributed by atoms with Crippen LogP contribution in [0.5, 0.6) is 5.75 Å². The SMILES string of the molecule is COc1ccccc1C(=O)c1ccccc1[P](=O)CC(Cl)C(C)C. The molecule has 0 aliphatic carbocycles. The van der Waals surface area contributed by atoms with Crippen molar-refractivity contribution in [2.24, 2.45) is 5.92 Å². The normalized spacial score (nSPS) is 12.8. The number of ether oxygens (including phenoxy) is 1. The first-order valence-corrected chi connectivity index (χ1v) is 9.69. The molecule has 1 radical (unpaired) electrons. The molecule has 2 rings (SSSR count). The molecule has 24 heavy (non-hydrogen) atoms. The molecule has 0 amide bonds. The van der Waals surface area contributed by atoms with Crippen molar-refractivity contribution >= 4 is 30.5 Å². The number of para-hydroxylation sites is 1. The fraction of sp³-hybridized carbons (Fsp3) is 0.316. The minimum atomic E-state index is -1.75. The summed E-state index contributed by atoms with van der Waals surface area (Å²) in [6.07, 6.45) is 0.352. The van der Waals surface area contributed by atoms with Gasteiger partial charge in [0.2, 0.25) is 0 Å². The van der Waals surface area contributed by atoms with Gasteiger partial charge >= 0.3 is 0 Å². The molecule has 0 fully saturated rings. The van der Waals surface area contributed by atoms with E-state index in [2.05, 4.69) is 0 Å². The third kappa shape index (κ3) is 4.23. The van der Waals surface area contributed by atoms with Crippen molar-refractivity contribution in [3.05, 3.63) is 59.7 Å². The highest BCUT2D eigenvalue weighted by molar-refractivity contribution is 7.53. The van der Waals surface area contributed by atoms with Crippen molar-refractivity contribution in [3.8, 4) is 5.75 Å².